The van der Waals surface area contributed by atoms with E-state index in [9.17, 15) is 0 Å². The molecule has 0 radical (unpaired) electrons. The van der Waals surface area contributed by atoms with Crippen molar-refractivity contribution in [2.75, 3.05) is 0 Å². The molecule has 1 atom stereocenters. The van der Waals surface area contributed by atoms with Gasteiger partial charge in [0.25, 0.3) is 0 Å². The normalized spacial score (nSPS) is 27.6. The molecule has 1 spiro atoms. The first-order valence-corrected chi connectivity index (χ1v) is 8.73. The topological polar surface area (TPSA) is 0 Å². The fraction of sp³-hybridized carbons (Fsp3) is 1.00. The highest BCUT2D eigenvalue weighted by Gasteiger charge is 2.54. The SMILES string of the molecule is CC.CC(C)(C)CCCC1CC12CCC(C)(C)CC2. The second-order valence-corrected chi connectivity index (χ2v) is 8.88. The lowest BCUT2D eigenvalue weighted by Crippen LogP contribution is -2.23. The van der Waals surface area contributed by atoms with Crippen LogP contribution in [0.15, 0.2) is 0 Å². The molecule has 1 unspecified atom stereocenters. The molecule has 2 aliphatic carbocycles. The van der Waals surface area contributed by atoms with E-state index in [1.54, 1.807) is 6.42 Å². The summed E-state index contributed by atoms with van der Waals surface area (Å²) in [6.07, 6.45) is 11.9. The van der Waals surface area contributed by atoms with Gasteiger partial charge in [-0.3, -0.25) is 0 Å². The zero-order valence-electron chi connectivity index (χ0n) is 14.7. The Kier molecular flexibility index (Phi) is 5.55. The van der Waals surface area contributed by atoms with E-state index >= 15 is 0 Å². The van der Waals surface area contributed by atoms with E-state index in [2.05, 4.69) is 34.6 Å². The molecule has 0 amide bonds. The molecular formula is C19H38. The zero-order chi connectivity index (χ0) is 14.7. The van der Waals surface area contributed by atoms with Crippen molar-refractivity contribution in [3.8, 4) is 0 Å². The molecule has 0 N–H and O–H groups in total. The first-order valence-electron chi connectivity index (χ1n) is 8.73. The summed E-state index contributed by atoms with van der Waals surface area (Å²) in [6, 6.07) is 0. The molecule has 0 aromatic carbocycles. The number of rotatable bonds is 3. The third-order valence-electron chi connectivity index (χ3n) is 5.44. The summed E-state index contributed by atoms with van der Waals surface area (Å²) in [6.45, 7) is 16.0. The van der Waals surface area contributed by atoms with Crippen molar-refractivity contribution in [3.63, 3.8) is 0 Å². The van der Waals surface area contributed by atoms with Crippen LogP contribution in [0.4, 0.5) is 0 Å². The van der Waals surface area contributed by atoms with E-state index in [0.717, 1.165) is 11.3 Å². The first-order chi connectivity index (χ1) is 8.73. The fourth-order valence-corrected chi connectivity index (χ4v) is 3.76. The van der Waals surface area contributed by atoms with Crippen molar-refractivity contribution in [3.05, 3.63) is 0 Å². The lowest BCUT2D eigenvalue weighted by atomic mass is 9.70. The Morgan fingerprint density at radius 1 is 0.947 bits per heavy atom. The highest BCUT2D eigenvalue weighted by Crippen LogP contribution is 2.65. The fourth-order valence-electron chi connectivity index (χ4n) is 3.76. The predicted octanol–water partition coefficient (Wildman–Crippen LogP) is 6.84. The van der Waals surface area contributed by atoms with Gasteiger partial charge in [0.15, 0.2) is 0 Å². The molecule has 0 nitrogen and oxygen atoms in total. The Labute approximate surface area is 122 Å². The van der Waals surface area contributed by atoms with E-state index in [-0.39, 0.29) is 0 Å². The van der Waals surface area contributed by atoms with Crippen molar-refractivity contribution < 1.29 is 0 Å². The summed E-state index contributed by atoms with van der Waals surface area (Å²) >= 11 is 0. The maximum absolute atomic E-state index is 2.46. The number of hydrogen-bond acceptors (Lipinski definition) is 0. The Hall–Kier alpha value is 0. The summed E-state index contributed by atoms with van der Waals surface area (Å²) < 4.78 is 0. The molecule has 2 saturated carbocycles. The molecule has 2 fully saturated rings. The van der Waals surface area contributed by atoms with Gasteiger partial charge < -0.3 is 0 Å². The van der Waals surface area contributed by atoms with Crippen LogP contribution in [0, 0.1) is 22.2 Å². The lowest BCUT2D eigenvalue weighted by Gasteiger charge is -2.35. The van der Waals surface area contributed by atoms with Gasteiger partial charge >= 0.3 is 0 Å². The van der Waals surface area contributed by atoms with Crippen LogP contribution in [-0.2, 0) is 0 Å². The van der Waals surface area contributed by atoms with Gasteiger partial charge in [0.05, 0.1) is 0 Å². The average molecular weight is 267 g/mol. The molecule has 0 aromatic heterocycles. The van der Waals surface area contributed by atoms with Crippen molar-refractivity contribution >= 4 is 0 Å². The van der Waals surface area contributed by atoms with Gasteiger partial charge in [-0.2, -0.15) is 0 Å². The minimum Gasteiger partial charge on any atom is -0.0683 e. The largest absolute Gasteiger partial charge is 0.0683 e. The predicted molar refractivity (Wildman–Crippen MR) is 87.4 cm³/mol. The van der Waals surface area contributed by atoms with Crippen molar-refractivity contribution in [1.82, 2.24) is 0 Å². The molecule has 0 bridgehead atoms. The minimum atomic E-state index is 0.538. The van der Waals surface area contributed by atoms with Crippen molar-refractivity contribution in [2.45, 2.75) is 99.8 Å². The van der Waals surface area contributed by atoms with E-state index in [0.29, 0.717) is 10.8 Å². The Bertz CT molecular complexity index is 256. The van der Waals surface area contributed by atoms with Gasteiger partial charge in [-0.15, -0.1) is 0 Å². The number of hydrogen-bond donors (Lipinski definition) is 0. The molecule has 2 aliphatic rings. The van der Waals surface area contributed by atoms with Crippen LogP contribution in [0.2, 0.25) is 0 Å². The molecule has 19 heavy (non-hydrogen) atoms. The molecule has 2 rings (SSSR count). The van der Waals surface area contributed by atoms with Crippen molar-refractivity contribution in [2.24, 2.45) is 22.2 Å². The summed E-state index contributed by atoms with van der Waals surface area (Å²) in [5, 5.41) is 0. The summed E-state index contributed by atoms with van der Waals surface area (Å²) in [5.74, 6) is 1.10. The van der Waals surface area contributed by atoms with Gasteiger partial charge in [0.2, 0.25) is 0 Å². The van der Waals surface area contributed by atoms with Crippen LogP contribution in [0.25, 0.3) is 0 Å². The molecule has 114 valence electrons. The van der Waals surface area contributed by atoms with Crippen LogP contribution in [0.3, 0.4) is 0 Å². The maximum atomic E-state index is 2.46. The summed E-state index contributed by atoms with van der Waals surface area (Å²) in [4.78, 5) is 0. The van der Waals surface area contributed by atoms with E-state index in [1.165, 1.54) is 44.9 Å². The molecule has 0 aliphatic heterocycles. The highest BCUT2D eigenvalue weighted by molar-refractivity contribution is 5.05. The molecule has 0 aromatic rings. The minimum absolute atomic E-state index is 0.538. The average Bonchev–Trinajstić information content (AvgIpc) is 2.98. The lowest BCUT2D eigenvalue weighted by molar-refractivity contribution is 0.164. The van der Waals surface area contributed by atoms with Crippen molar-refractivity contribution in [1.29, 1.82) is 0 Å². The van der Waals surface area contributed by atoms with Crippen LogP contribution in [0.5, 0.6) is 0 Å². The molecule has 0 heteroatoms. The Morgan fingerprint density at radius 2 is 1.47 bits per heavy atom. The smallest absolute Gasteiger partial charge is 0.0266 e. The third-order valence-corrected chi connectivity index (χ3v) is 5.44. The van der Waals surface area contributed by atoms with Gasteiger partial charge in [-0.1, -0.05) is 54.9 Å². The molecule has 0 saturated heterocycles. The van der Waals surface area contributed by atoms with Crippen LogP contribution >= 0.6 is 0 Å². The monoisotopic (exact) mass is 266 g/mol. The second kappa shape index (κ2) is 6.19. The van der Waals surface area contributed by atoms with Crippen LogP contribution < -0.4 is 0 Å². The quantitative estimate of drug-likeness (QED) is 0.525. The first kappa shape index (κ1) is 17.1. The van der Waals surface area contributed by atoms with Gasteiger partial charge in [0.1, 0.15) is 0 Å². The third kappa shape index (κ3) is 5.12. The Balaban J connectivity index is 0.000000861. The van der Waals surface area contributed by atoms with E-state index < -0.39 is 0 Å². The highest BCUT2D eigenvalue weighted by atomic mass is 14.6. The second-order valence-electron chi connectivity index (χ2n) is 8.88. The zero-order valence-corrected chi connectivity index (χ0v) is 14.7. The standard InChI is InChI=1S/C17H32.C2H6/c1-15(2,3)8-6-7-14-13-17(14)11-9-16(4,5)10-12-17;1-2/h14H,6-13H2,1-5H3;1-2H3. The maximum Gasteiger partial charge on any atom is -0.0266 e. The van der Waals surface area contributed by atoms with E-state index in [1.807, 2.05) is 13.8 Å². The van der Waals surface area contributed by atoms with Gasteiger partial charge in [0, 0.05) is 0 Å². The van der Waals surface area contributed by atoms with Gasteiger partial charge in [-0.25, -0.2) is 0 Å². The summed E-state index contributed by atoms with van der Waals surface area (Å²) in [5.41, 5.74) is 2.01. The Morgan fingerprint density at radius 3 is 1.95 bits per heavy atom. The summed E-state index contributed by atoms with van der Waals surface area (Å²) in [7, 11) is 0. The van der Waals surface area contributed by atoms with E-state index in [4.69, 9.17) is 0 Å². The molecular weight excluding hydrogens is 228 g/mol. The van der Waals surface area contributed by atoms with Gasteiger partial charge in [-0.05, 0) is 67.1 Å². The van der Waals surface area contributed by atoms with Crippen LogP contribution in [-0.4, -0.2) is 0 Å². The van der Waals surface area contributed by atoms with Crippen LogP contribution in [0.1, 0.15) is 99.8 Å². The molecule has 0 heterocycles.